The molecule has 4 rings (SSSR count). The Balaban J connectivity index is 0.000000543. The number of nitro benzene ring substituents is 1. The van der Waals surface area contributed by atoms with Crippen LogP contribution in [0.25, 0.3) is 10.9 Å². The van der Waals surface area contributed by atoms with E-state index < -0.39 is 48.9 Å². The number of hydrogen-bond donors (Lipinski definition) is 1. The van der Waals surface area contributed by atoms with Crippen LogP contribution in [0.15, 0.2) is 83.8 Å². The van der Waals surface area contributed by atoms with E-state index in [4.69, 9.17) is 5.73 Å². The minimum Gasteiger partial charge on any atom is -0.744 e. The Kier molecular flexibility index (Phi) is 16.3. The Morgan fingerprint density at radius 3 is 2.00 bits per heavy atom. The van der Waals surface area contributed by atoms with Crippen molar-refractivity contribution in [2.45, 2.75) is 18.7 Å². The van der Waals surface area contributed by atoms with Crippen molar-refractivity contribution in [1.29, 1.82) is 0 Å². The van der Waals surface area contributed by atoms with Crippen LogP contribution >= 0.6 is 0 Å². The Labute approximate surface area is 254 Å². The van der Waals surface area contributed by atoms with E-state index in [0.29, 0.717) is 11.1 Å². The molecular weight excluding hydrogens is 581 g/mol. The fourth-order valence-corrected chi connectivity index (χ4v) is 3.09. The van der Waals surface area contributed by atoms with Crippen molar-refractivity contribution in [1.82, 2.24) is 4.98 Å². The fourth-order valence-electron chi connectivity index (χ4n) is 2.58. The Morgan fingerprint density at radius 2 is 1.51 bits per heavy atom. The van der Waals surface area contributed by atoms with Crippen molar-refractivity contribution in [3.63, 3.8) is 0 Å². The second kappa shape index (κ2) is 17.9. The molecule has 212 valence electrons. The number of rotatable bonds is 3. The standard InChI is InChI=1S/C10H7F2N.C6H5F2N.C6H5NO5S.C4H6O.Na/c1-6-2-3-7-4-5-8(11)9(12)10(7)13-6;7-4-2-1-3-5(9)6(4)8;8-7(9)5-2-1-3-6(4-5)13(10,11)12;1-2-3-4-5;/h2-5H,1H3;1-3H,9H2;1-4H,(H,10,11,12);2-4H,1H3;/q;;;;+1/p-1/b;;;3-2+;. The summed E-state index contributed by atoms with van der Waals surface area (Å²) in [5.41, 5.74) is 5.20. The number of halogens is 4. The molecular formula is C26H22F4N3NaO6S. The largest absolute Gasteiger partial charge is 1.00 e. The third kappa shape index (κ3) is 12.6. The molecule has 0 amide bonds. The zero-order valence-corrected chi connectivity index (χ0v) is 24.7. The van der Waals surface area contributed by atoms with Crippen LogP contribution in [0.1, 0.15) is 12.6 Å². The third-order valence-corrected chi connectivity index (χ3v) is 5.29. The first kappa shape index (κ1) is 37.3. The van der Waals surface area contributed by atoms with Crippen LogP contribution in [0.2, 0.25) is 0 Å². The van der Waals surface area contributed by atoms with Gasteiger partial charge in [0.1, 0.15) is 21.9 Å². The van der Waals surface area contributed by atoms with Crippen LogP contribution in [-0.4, -0.2) is 29.2 Å². The number of carbonyl (C=O) groups excluding carboxylic acids is 1. The second-order valence-electron chi connectivity index (χ2n) is 7.40. The van der Waals surface area contributed by atoms with Gasteiger partial charge >= 0.3 is 29.6 Å². The van der Waals surface area contributed by atoms with Crippen LogP contribution in [0.3, 0.4) is 0 Å². The average Bonchev–Trinajstić information content (AvgIpc) is 2.91. The zero-order valence-electron chi connectivity index (χ0n) is 21.9. The summed E-state index contributed by atoms with van der Waals surface area (Å²) in [6.45, 7) is 3.54. The number of aldehydes is 1. The van der Waals surface area contributed by atoms with Gasteiger partial charge in [-0.15, -0.1) is 0 Å². The number of nitrogen functional groups attached to an aromatic ring is 1. The van der Waals surface area contributed by atoms with Gasteiger partial charge < -0.3 is 10.3 Å². The number of aryl methyl sites for hydroxylation is 1. The molecule has 0 aliphatic carbocycles. The number of pyridine rings is 1. The van der Waals surface area contributed by atoms with Gasteiger partial charge in [0, 0.05) is 23.2 Å². The summed E-state index contributed by atoms with van der Waals surface area (Å²) in [5.74, 6) is -3.61. The van der Waals surface area contributed by atoms with Crippen LogP contribution in [-0.2, 0) is 14.9 Å². The second-order valence-corrected chi connectivity index (χ2v) is 8.78. The van der Waals surface area contributed by atoms with E-state index in [9.17, 15) is 45.4 Å². The van der Waals surface area contributed by atoms with Crippen molar-refractivity contribution in [2.75, 3.05) is 5.73 Å². The van der Waals surface area contributed by atoms with E-state index in [-0.39, 0.29) is 40.8 Å². The third-order valence-electron chi connectivity index (χ3n) is 4.46. The molecule has 0 saturated heterocycles. The van der Waals surface area contributed by atoms with Gasteiger partial charge in [-0.1, -0.05) is 24.3 Å². The first-order valence-corrected chi connectivity index (χ1v) is 12.3. The van der Waals surface area contributed by atoms with Crippen LogP contribution in [0.5, 0.6) is 0 Å². The van der Waals surface area contributed by atoms with Crippen LogP contribution < -0.4 is 35.3 Å². The van der Waals surface area contributed by atoms with E-state index in [0.717, 1.165) is 42.7 Å². The van der Waals surface area contributed by atoms with Gasteiger partial charge in [-0.2, -0.15) is 0 Å². The smallest absolute Gasteiger partial charge is 0.744 e. The minimum atomic E-state index is -4.61. The van der Waals surface area contributed by atoms with Gasteiger partial charge in [0.15, 0.2) is 23.3 Å². The summed E-state index contributed by atoms with van der Waals surface area (Å²) < 4.78 is 81.5. The predicted molar refractivity (Wildman–Crippen MR) is 139 cm³/mol. The number of nitrogens with zero attached hydrogens (tertiary/aromatic N) is 2. The molecule has 0 spiro atoms. The first-order valence-electron chi connectivity index (χ1n) is 10.9. The molecule has 0 radical (unpaired) electrons. The van der Waals surface area contributed by atoms with Gasteiger partial charge in [-0.3, -0.25) is 14.9 Å². The number of non-ortho nitro benzene ring substituents is 1. The van der Waals surface area contributed by atoms with E-state index in [2.05, 4.69) is 4.98 Å². The van der Waals surface area contributed by atoms with Crippen molar-refractivity contribution < 1.29 is 69.8 Å². The first-order chi connectivity index (χ1) is 18.7. The molecule has 0 saturated carbocycles. The monoisotopic (exact) mass is 603 g/mol. The van der Waals surface area contributed by atoms with Gasteiger partial charge in [0.25, 0.3) is 5.69 Å². The topological polar surface area (TPSA) is 156 Å². The van der Waals surface area contributed by atoms with Crippen molar-refractivity contribution in [3.8, 4) is 0 Å². The quantitative estimate of drug-likeness (QED) is 0.0548. The van der Waals surface area contributed by atoms with Gasteiger partial charge in [-0.05, 0) is 56.3 Å². The normalized spacial score (nSPS) is 10.1. The van der Waals surface area contributed by atoms with Crippen LogP contribution in [0.4, 0.5) is 28.9 Å². The Hall–Kier alpha value is -3.69. The number of fused-ring (bicyclic) bond motifs is 1. The molecule has 2 N–H and O–H groups in total. The summed E-state index contributed by atoms with van der Waals surface area (Å²) in [4.78, 5) is 22.1. The Bertz CT molecular complexity index is 1600. The summed E-state index contributed by atoms with van der Waals surface area (Å²) in [6.07, 6.45) is 3.88. The average molecular weight is 604 g/mol. The van der Waals surface area contributed by atoms with E-state index in [1.165, 1.54) is 24.3 Å². The number of anilines is 1. The molecule has 0 fully saturated rings. The Morgan fingerprint density at radius 1 is 0.927 bits per heavy atom. The maximum absolute atomic E-state index is 13.1. The fraction of sp³-hybridized carbons (Fsp3) is 0.0769. The SMILES string of the molecule is C/C=C/C=O.Cc1ccc2ccc(F)c(F)c2n1.Nc1cccc(F)c1F.O=[N+]([O-])c1cccc(S(=O)(=O)[O-])c1.[Na+]. The molecule has 1 aromatic heterocycles. The van der Waals surface area contributed by atoms with Gasteiger partial charge in [0.05, 0.1) is 15.5 Å². The molecule has 41 heavy (non-hydrogen) atoms. The number of benzene rings is 3. The number of hydrogen-bond acceptors (Lipinski definition) is 8. The maximum atomic E-state index is 13.1. The number of allylic oxidation sites excluding steroid dienone is 2. The minimum absolute atomic E-state index is 0. The molecule has 4 aromatic rings. The summed E-state index contributed by atoms with van der Waals surface area (Å²) in [5, 5.41) is 10.8. The van der Waals surface area contributed by atoms with E-state index in [1.54, 1.807) is 32.1 Å². The molecule has 3 aromatic carbocycles. The number of nitrogens with two attached hydrogens (primary N) is 1. The number of nitro groups is 1. The van der Waals surface area contributed by atoms with Crippen molar-refractivity contribution >= 4 is 38.7 Å². The summed E-state index contributed by atoms with van der Waals surface area (Å²) in [7, 11) is -4.61. The van der Waals surface area contributed by atoms with E-state index >= 15 is 0 Å². The van der Waals surface area contributed by atoms with Crippen LogP contribution in [0, 0.1) is 40.3 Å². The van der Waals surface area contributed by atoms with E-state index in [1.807, 2.05) is 0 Å². The van der Waals surface area contributed by atoms with Gasteiger partial charge in [0.2, 0.25) is 0 Å². The summed E-state index contributed by atoms with van der Waals surface area (Å²) >= 11 is 0. The maximum Gasteiger partial charge on any atom is 1.00 e. The molecule has 0 atom stereocenters. The molecule has 1 heterocycles. The van der Waals surface area contributed by atoms with Gasteiger partial charge in [-0.25, -0.2) is 31.0 Å². The molecule has 9 nitrogen and oxygen atoms in total. The number of carbonyl (C=O) groups is 1. The predicted octanol–water partition coefficient (Wildman–Crippen LogP) is 2.63. The zero-order chi connectivity index (χ0) is 30.5. The number of aromatic nitrogens is 1. The molecule has 0 aliphatic heterocycles. The van der Waals surface area contributed by atoms with Crippen molar-refractivity contribution in [3.05, 3.63) is 118 Å². The molecule has 0 unspecified atom stereocenters. The van der Waals surface area contributed by atoms with Crippen molar-refractivity contribution in [2.24, 2.45) is 0 Å². The summed E-state index contributed by atoms with van der Waals surface area (Å²) in [6, 6.07) is 13.8. The molecule has 0 aliphatic rings. The molecule has 0 bridgehead atoms. The molecule has 15 heteroatoms.